The van der Waals surface area contributed by atoms with E-state index in [0.29, 0.717) is 0 Å². The number of benzene rings is 2. The molecule has 0 aliphatic carbocycles. The molecule has 0 amide bonds. The molecule has 2 aromatic carbocycles. The van der Waals surface area contributed by atoms with Gasteiger partial charge >= 0.3 is 0 Å². The van der Waals surface area contributed by atoms with Gasteiger partial charge in [-0.1, -0.05) is 35.9 Å². The van der Waals surface area contributed by atoms with Gasteiger partial charge in [0.25, 0.3) is 0 Å². The van der Waals surface area contributed by atoms with Crippen molar-refractivity contribution in [3.63, 3.8) is 0 Å². The lowest BCUT2D eigenvalue weighted by Crippen LogP contribution is -2.05. The molecule has 0 bridgehead atoms. The van der Waals surface area contributed by atoms with Gasteiger partial charge in [-0.05, 0) is 36.4 Å². The van der Waals surface area contributed by atoms with Crippen LogP contribution in [0.3, 0.4) is 0 Å². The van der Waals surface area contributed by atoms with Gasteiger partial charge < -0.3 is 5.32 Å². The smallest absolute Gasteiger partial charge is 0.0982 e. The molecule has 1 aromatic heterocycles. The molecule has 3 aromatic rings. The van der Waals surface area contributed by atoms with Gasteiger partial charge in [0, 0.05) is 18.0 Å². The van der Waals surface area contributed by atoms with Crippen molar-refractivity contribution in [3.8, 4) is 0 Å². The lowest BCUT2D eigenvalue weighted by Gasteiger charge is -2.05. The molecule has 1 heterocycles. The number of nitrogens with zero attached hydrogens (tertiary/aromatic N) is 1. The number of hydrogen-bond acceptors (Lipinski definition) is 3. The Morgan fingerprint density at radius 3 is 2.80 bits per heavy atom. The summed E-state index contributed by atoms with van der Waals surface area (Å²) in [6.45, 7) is 0.834. The summed E-state index contributed by atoms with van der Waals surface area (Å²) in [5, 5.41) is 5.05. The Morgan fingerprint density at radius 2 is 2.05 bits per heavy atom. The van der Waals surface area contributed by atoms with Crippen LogP contribution in [0.1, 0.15) is 16.1 Å². The second-order valence-corrected chi connectivity index (χ2v) is 6.23. The van der Waals surface area contributed by atoms with Crippen LogP contribution in [-0.2, 0) is 13.0 Å². The van der Waals surface area contributed by atoms with Crippen molar-refractivity contribution in [2.24, 2.45) is 0 Å². The van der Waals surface area contributed by atoms with E-state index in [4.69, 9.17) is 11.6 Å². The summed E-state index contributed by atoms with van der Waals surface area (Å²) in [5.41, 5.74) is 3.39. The van der Waals surface area contributed by atoms with E-state index in [2.05, 4.69) is 28.5 Å². The summed E-state index contributed by atoms with van der Waals surface area (Å²) in [6, 6.07) is 14.5. The molecule has 0 saturated carbocycles. The van der Waals surface area contributed by atoms with E-state index >= 15 is 0 Å². The molecule has 0 aliphatic heterocycles. The van der Waals surface area contributed by atoms with Crippen molar-refractivity contribution in [2.45, 2.75) is 13.0 Å². The minimum Gasteiger partial charge on any atom is -0.316 e. The monoisotopic (exact) mass is 302 g/mol. The number of rotatable bonds is 4. The van der Waals surface area contributed by atoms with Crippen molar-refractivity contribution in [3.05, 3.63) is 63.6 Å². The molecule has 20 heavy (non-hydrogen) atoms. The standard InChI is InChI=1S/C16H15ClN2S/c1-18-10-11-6-7-12(13(17)8-11)9-16-19-14-4-2-3-5-15(14)20-16/h2-8,18H,9-10H2,1H3. The predicted octanol–water partition coefficient (Wildman–Crippen LogP) is 4.26. The maximum atomic E-state index is 6.36. The molecule has 0 aliphatic rings. The highest BCUT2D eigenvalue weighted by molar-refractivity contribution is 7.18. The average molecular weight is 303 g/mol. The Balaban J connectivity index is 1.86. The molecule has 0 fully saturated rings. The number of para-hydroxylation sites is 1. The normalized spacial score (nSPS) is 11.1. The first kappa shape index (κ1) is 13.6. The number of hydrogen-bond donors (Lipinski definition) is 1. The maximum absolute atomic E-state index is 6.36. The second-order valence-electron chi connectivity index (χ2n) is 4.71. The van der Waals surface area contributed by atoms with Crippen LogP contribution in [0.4, 0.5) is 0 Å². The zero-order valence-corrected chi connectivity index (χ0v) is 12.8. The van der Waals surface area contributed by atoms with Gasteiger partial charge in [0.15, 0.2) is 0 Å². The van der Waals surface area contributed by atoms with Crippen LogP contribution < -0.4 is 5.32 Å². The first-order valence-corrected chi connectivity index (χ1v) is 7.72. The summed E-state index contributed by atoms with van der Waals surface area (Å²) in [4.78, 5) is 4.66. The molecule has 0 saturated heterocycles. The Bertz CT molecular complexity index is 703. The molecule has 0 unspecified atom stereocenters. The lowest BCUT2D eigenvalue weighted by atomic mass is 10.1. The molecule has 2 nitrogen and oxygen atoms in total. The van der Waals surface area contributed by atoms with E-state index in [1.807, 2.05) is 31.3 Å². The zero-order valence-electron chi connectivity index (χ0n) is 11.2. The lowest BCUT2D eigenvalue weighted by molar-refractivity contribution is 0.817. The van der Waals surface area contributed by atoms with Crippen LogP contribution in [0.15, 0.2) is 42.5 Å². The molecule has 0 spiro atoms. The predicted molar refractivity (Wildman–Crippen MR) is 86.6 cm³/mol. The molecule has 3 rings (SSSR count). The van der Waals surface area contributed by atoms with E-state index in [0.717, 1.165) is 34.1 Å². The van der Waals surface area contributed by atoms with Crippen LogP contribution in [0.2, 0.25) is 5.02 Å². The summed E-state index contributed by atoms with van der Waals surface area (Å²) < 4.78 is 1.23. The Hall–Kier alpha value is -1.42. The third-order valence-corrected chi connectivity index (χ3v) is 4.57. The topological polar surface area (TPSA) is 24.9 Å². The van der Waals surface area contributed by atoms with Gasteiger partial charge in [-0.25, -0.2) is 4.98 Å². The minimum absolute atomic E-state index is 0.790. The third-order valence-electron chi connectivity index (χ3n) is 3.18. The third kappa shape index (κ3) is 2.85. The van der Waals surface area contributed by atoms with Crippen molar-refractivity contribution in [1.29, 1.82) is 0 Å². The van der Waals surface area contributed by atoms with E-state index in [1.165, 1.54) is 10.3 Å². The van der Waals surface area contributed by atoms with Crippen LogP contribution in [0.5, 0.6) is 0 Å². The number of fused-ring (bicyclic) bond motifs is 1. The molecule has 1 N–H and O–H groups in total. The zero-order chi connectivity index (χ0) is 13.9. The highest BCUT2D eigenvalue weighted by Gasteiger charge is 2.07. The fourth-order valence-corrected chi connectivity index (χ4v) is 3.47. The molecular weight excluding hydrogens is 288 g/mol. The maximum Gasteiger partial charge on any atom is 0.0982 e. The first-order chi connectivity index (χ1) is 9.76. The van der Waals surface area contributed by atoms with Gasteiger partial charge in [0.05, 0.1) is 15.2 Å². The Morgan fingerprint density at radius 1 is 1.20 bits per heavy atom. The number of thiazole rings is 1. The summed E-state index contributed by atoms with van der Waals surface area (Å²) in [5.74, 6) is 0. The van der Waals surface area contributed by atoms with Crippen LogP contribution in [0, 0.1) is 0 Å². The Kier molecular flexibility index (Phi) is 4.01. The minimum atomic E-state index is 0.790. The Labute approximate surface area is 127 Å². The molecule has 0 radical (unpaired) electrons. The summed E-state index contributed by atoms with van der Waals surface area (Å²) >= 11 is 8.10. The fourth-order valence-electron chi connectivity index (χ4n) is 2.21. The van der Waals surface area contributed by atoms with E-state index in [-0.39, 0.29) is 0 Å². The molecule has 4 heteroatoms. The van der Waals surface area contributed by atoms with E-state index < -0.39 is 0 Å². The SMILES string of the molecule is CNCc1ccc(Cc2nc3ccccc3s2)c(Cl)c1. The number of aromatic nitrogens is 1. The van der Waals surface area contributed by atoms with Crippen LogP contribution in [-0.4, -0.2) is 12.0 Å². The van der Waals surface area contributed by atoms with Gasteiger partial charge in [0.1, 0.15) is 0 Å². The quantitative estimate of drug-likeness (QED) is 0.779. The van der Waals surface area contributed by atoms with Gasteiger partial charge in [-0.2, -0.15) is 0 Å². The van der Waals surface area contributed by atoms with Crippen molar-refractivity contribution in [2.75, 3.05) is 7.05 Å². The number of halogens is 1. The fraction of sp³-hybridized carbons (Fsp3) is 0.188. The van der Waals surface area contributed by atoms with Crippen molar-refractivity contribution < 1.29 is 0 Å². The van der Waals surface area contributed by atoms with Crippen molar-refractivity contribution >= 4 is 33.2 Å². The van der Waals surface area contributed by atoms with Crippen molar-refractivity contribution in [1.82, 2.24) is 10.3 Å². The largest absolute Gasteiger partial charge is 0.316 e. The molecule has 0 atom stereocenters. The highest BCUT2D eigenvalue weighted by atomic mass is 35.5. The summed E-state index contributed by atoms with van der Waals surface area (Å²) in [6.07, 6.45) is 0.790. The van der Waals surface area contributed by atoms with Gasteiger partial charge in [-0.15, -0.1) is 11.3 Å². The van der Waals surface area contributed by atoms with E-state index in [9.17, 15) is 0 Å². The molecule has 102 valence electrons. The van der Waals surface area contributed by atoms with Gasteiger partial charge in [0.2, 0.25) is 0 Å². The number of nitrogens with one attached hydrogen (secondary N) is 1. The first-order valence-electron chi connectivity index (χ1n) is 6.52. The van der Waals surface area contributed by atoms with Crippen LogP contribution >= 0.6 is 22.9 Å². The second kappa shape index (κ2) is 5.92. The summed E-state index contributed by atoms with van der Waals surface area (Å²) in [7, 11) is 1.93. The van der Waals surface area contributed by atoms with Crippen LogP contribution in [0.25, 0.3) is 10.2 Å². The molecular formula is C16H15ClN2S. The highest BCUT2D eigenvalue weighted by Crippen LogP contribution is 2.26. The van der Waals surface area contributed by atoms with E-state index in [1.54, 1.807) is 11.3 Å². The van der Waals surface area contributed by atoms with Gasteiger partial charge in [-0.3, -0.25) is 0 Å². The average Bonchev–Trinajstić information content (AvgIpc) is 2.84.